The summed E-state index contributed by atoms with van der Waals surface area (Å²) < 4.78 is 31.6. The Bertz CT molecular complexity index is 1530. The van der Waals surface area contributed by atoms with Gasteiger partial charge in [0.15, 0.2) is 5.65 Å². The summed E-state index contributed by atoms with van der Waals surface area (Å²) in [5.74, 6) is 0.264. The van der Waals surface area contributed by atoms with Gasteiger partial charge >= 0.3 is 6.05 Å². The van der Waals surface area contributed by atoms with E-state index in [-0.39, 0.29) is 29.0 Å². The fourth-order valence-corrected chi connectivity index (χ4v) is 4.51. The first-order chi connectivity index (χ1) is 17.1. The number of nitrogens with one attached hydrogen (secondary N) is 2. The van der Waals surface area contributed by atoms with Gasteiger partial charge in [-0.15, -0.1) is 6.58 Å². The number of hydrogen-bond donors (Lipinski definition) is 2. The molecule has 0 fully saturated rings. The second kappa shape index (κ2) is 8.67. The molecule has 5 rings (SSSR count). The Morgan fingerprint density at radius 1 is 1.22 bits per heavy atom. The summed E-state index contributed by atoms with van der Waals surface area (Å²) in [6, 6.07) is 9.64. The Balaban J connectivity index is 1.60. The Hall–Kier alpha value is -3.85. The molecule has 3 heterocycles. The Morgan fingerprint density at radius 2 is 2.03 bits per heavy atom. The van der Waals surface area contributed by atoms with Crippen LogP contribution in [0.1, 0.15) is 37.5 Å². The van der Waals surface area contributed by atoms with Gasteiger partial charge in [-0.3, -0.25) is 10.1 Å². The maximum atomic E-state index is 14.1. The molecule has 0 saturated carbocycles. The highest BCUT2D eigenvalue weighted by molar-refractivity contribution is 5.77. The number of rotatable bonds is 5. The molecule has 9 heteroatoms. The molecule has 0 aliphatic carbocycles. The van der Waals surface area contributed by atoms with Crippen molar-refractivity contribution in [2.24, 2.45) is 0 Å². The van der Waals surface area contributed by atoms with Gasteiger partial charge in [0.2, 0.25) is 5.95 Å². The van der Waals surface area contributed by atoms with Crippen molar-refractivity contribution in [1.82, 2.24) is 24.6 Å². The first kappa shape index (κ1) is 23.9. The zero-order valence-electron chi connectivity index (χ0n) is 20.5. The zero-order valence-corrected chi connectivity index (χ0v) is 20.5. The molecule has 0 radical (unpaired) electrons. The van der Waals surface area contributed by atoms with E-state index in [1.165, 1.54) is 12.3 Å². The number of aromatic nitrogens is 4. The monoisotopic (exact) mass is 490 g/mol. The van der Waals surface area contributed by atoms with Crippen molar-refractivity contribution in [3.8, 4) is 5.69 Å². The van der Waals surface area contributed by atoms with Crippen molar-refractivity contribution >= 4 is 22.7 Å². The molecule has 2 N–H and O–H groups in total. The van der Waals surface area contributed by atoms with Crippen LogP contribution in [0.5, 0.6) is 0 Å². The van der Waals surface area contributed by atoms with Crippen LogP contribution in [-0.4, -0.2) is 25.9 Å². The van der Waals surface area contributed by atoms with Crippen LogP contribution in [0, 0.1) is 0 Å². The molecule has 0 bridgehead atoms. The minimum Gasteiger partial charge on any atom is -0.324 e. The lowest BCUT2D eigenvalue weighted by Gasteiger charge is -2.26. The topological polar surface area (TPSA) is 76.8 Å². The van der Waals surface area contributed by atoms with Crippen LogP contribution in [0.4, 0.5) is 20.4 Å². The van der Waals surface area contributed by atoms with E-state index in [9.17, 15) is 13.6 Å². The van der Waals surface area contributed by atoms with E-state index < -0.39 is 6.05 Å². The molecule has 4 aromatic rings. The van der Waals surface area contributed by atoms with Gasteiger partial charge in [-0.2, -0.15) is 13.8 Å². The lowest BCUT2D eigenvalue weighted by Crippen LogP contribution is -2.40. The second-order valence-corrected chi connectivity index (χ2v) is 9.97. The molecule has 0 saturated heterocycles. The minimum atomic E-state index is -3.05. The van der Waals surface area contributed by atoms with Crippen molar-refractivity contribution in [2.45, 2.75) is 45.2 Å². The highest BCUT2D eigenvalue weighted by atomic mass is 19.3. The summed E-state index contributed by atoms with van der Waals surface area (Å²) >= 11 is 0. The third kappa shape index (κ3) is 4.19. The normalized spacial score (nSPS) is 15.0. The van der Waals surface area contributed by atoms with Gasteiger partial charge in [0.05, 0.1) is 12.2 Å². The van der Waals surface area contributed by atoms with Crippen molar-refractivity contribution in [1.29, 1.82) is 0 Å². The van der Waals surface area contributed by atoms with E-state index in [0.717, 1.165) is 11.3 Å². The van der Waals surface area contributed by atoms with Crippen LogP contribution in [0.15, 0.2) is 66.1 Å². The predicted octanol–water partition coefficient (Wildman–Crippen LogP) is 5.00. The average molecular weight is 491 g/mol. The molecular weight excluding hydrogens is 462 g/mol. The third-order valence-electron chi connectivity index (χ3n) is 6.38. The smallest absolute Gasteiger partial charge is 0.324 e. The highest BCUT2D eigenvalue weighted by Crippen LogP contribution is 2.33. The SMILES string of the molecule is C=CCn1c(=O)c2cnc(Nc3ccc4c(c3)CCNC4(F)F)nc2n1-c1cccc(C(C)(C)C)c1. The second-order valence-electron chi connectivity index (χ2n) is 9.97. The zero-order chi connectivity index (χ0) is 25.7. The average Bonchev–Trinajstić information content (AvgIpc) is 3.09. The van der Waals surface area contributed by atoms with Crippen LogP contribution >= 0.6 is 0 Å². The molecule has 2 aromatic heterocycles. The van der Waals surface area contributed by atoms with Crippen molar-refractivity contribution in [3.63, 3.8) is 0 Å². The number of benzene rings is 2. The summed E-state index contributed by atoms with van der Waals surface area (Å²) in [5, 5.41) is 5.73. The number of halogens is 2. The third-order valence-corrected chi connectivity index (χ3v) is 6.38. The van der Waals surface area contributed by atoms with E-state index >= 15 is 0 Å². The van der Waals surface area contributed by atoms with Crippen LogP contribution in [0.3, 0.4) is 0 Å². The molecule has 1 aliphatic heterocycles. The fourth-order valence-electron chi connectivity index (χ4n) is 4.51. The summed E-state index contributed by atoms with van der Waals surface area (Å²) in [4.78, 5) is 22.2. The van der Waals surface area contributed by atoms with Crippen molar-refractivity contribution in [2.75, 3.05) is 11.9 Å². The molecule has 1 aliphatic rings. The van der Waals surface area contributed by atoms with Crippen molar-refractivity contribution in [3.05, 3.63) is 88.4 Å². The van der Waals surface area contributed by atoms with Gasteiger partial charge in [-0.05, 0) is 53.3 Å². The number of fused-ring (bicyclic) bond motifs is 2. The Kier molecular flexibility index (Phi) is 5.75. The molecular formula is C27H28F2N6O. The van der Waals surface area contributed by atoms with Gasteiger partial charge in [0.1, 0.15) is 5.39 Å². The number of nitrogens with zero attached hydrogens (tertiary/aromatic N) is 4. The Morgan fingerprint density at radius 3 is 2.78 bits per heavy atom. The van der Waals surface area contributed by atoms with E-state index in [0.29, 0.717) is 35.2 Å². The van der Waals surface area contributed by atoms with Crippen molar-refractivity contribution < 1.29 is 8.78 Å². The quantitative estimate of drug-likeness (QED) is 0.304. The summed E-state index contributed by atoms with van der Waals surface area (Å²) in [6.45, 7) is 10.7. The number of allylic oxidation sites excluding steroid dienone is 1. The van der Waals surface area contributed by atoms with Gasteiger partial charge in [-0.1, -0.05) is 39.0 Å². The van der Waals surface area contributed by atoms with Crippen LogP contribution < -0.4 is 16.2 Å². The van der Waals surface area contributed by atoms with Crippen LogP contribution in [-0.2, 0) is 24.4 Å². The lowest BCUT2D eigenvalue weighted by atomic mass is 9.87. The van der Waals surface area contributed by atoms with Gasteiger partial charge < -0.3 is 5.32 Å². The fraction of sp³-hybridized carbons (Fsp3) is 0.296. The number of anilines is 2. The molecule has 0 spiro atoms. The van der Waals surface area contributed by atoms with E-state index in [4.69, 9.17) is 0 Å². The van der Waals surface area contributed by atoms with E-state index in [1.807, 2.05) is 18.2 Å². The first-order valence-corrected chi connectivity index (χ1v) is 11.8. The van der Waals surface area contributed by atoms with Gasteiger partial charge in [-0.25, -0.2) is 14.3 Å². The highest BCUT2D eigenvalue weighted by Gasteiger charge is 2.36. The molecule has 36 heavy (non-hydrogen) atoms. The molecule has 0 unspecified atom stereocenters. The minimum absolute atomic E-state index is 0.0234. The molecule has 0 amide bonds. The molecule has 186 valence electrons. The van der Waals surface area contributed by atoms with Crippen LogP contribution in [0.25, 0.3) is 16.7 Å². The maximum absolute atomic E-state index is 14.1. The summed E-state index contributed by atoms with van der Waals surface area (Å²) in [6.07, 6.45) is 3.65. The molecule has 0 atom stereocenters. The van der Waals surface area contributed by atoms with Gasteiger partial charge in [0.25, 0.3) is 5.56 Å². The number of hydrogen-bond acceptors (Lipinski definition) is 5. The summed E-state index contributed by atoms with van der Waals surface area (Å²) in [7, 11) is 0. The summed E-state index contributed by atoms with van der Waals surface area (Å²) in [5.41, 5.74) is 3.20. The lowest BCUT2D eigenvalue weighted by molar-refractivity contribution is -0.0467. The van der Waals surface area contributed by atoms with E-state index in [1.54, 1.807) is 27.6 Å². The first-order valence-electron chi connectivity index (χ1n) is 11.8. The maximum Gasteiger partial charge on any atom is 0.329 e. The van der Waals surface area contributed by atoms with Gasteiger partial charge in [0, 0.05) is 24.0 Å². The standard InChI is InChI=1S/C27H28F2N6O/c1-5-13-34-24(36)21-16-30-25(32-19-9-10-22-17(14-19)11-12-31-27(22,28)29)33-23(21)35(34)20-8-6-7-18(15-20)26(2,3)4/h5-10,14-16,31H,1,11-13H2,2-4H3,(H,30,32,33). The molecule has 7 nitrogen and oxygen atoms in total. The van der Waals surface area contributed by atoms with Crippen LogP contribution in [0.2, 0.25) is 0 Å². The van der Waals surface area contributed by atoms with E-state index in [2.05, 4.69) is 54.0 Å². The molecule has 2 aromatic carbocycles. The number of alkyl halides is 2. The Labute approximate surface area is 207 Å². The largest absolute Gasteiger partial charge is 0.329 e. The predicted molar refractivity (Wildman–Crippen MR) is 137 cm³/mol.